The predicted octanol–water partition coefficient (Wildman–Crippen LogP) is -1.53. The molecule has 0 rings (SSSR count). The van der Waals surface area contributed by atoms with E-state index in [1.54, 1.807) is 13.0 Å². The molecule has 0 amide bonds. The first-order chi connectivity index (χ1) is 2.77. The fourth-order valence-corrected chi connectivity index (χ4v) is 0.0968. The number of nitrogens with one attached hydrogen (secondary N) is 1. The summed E-state index contributed by atoms with van der Waals surface area (Å²) in [4.78, 5) is 0. The first-order valence-electron chi connectivity index (χ1n) is 1.55. The maximum Gasteiger partial charge on any atom is 1.00 e. The average molecular weight is 88.0 g/mol. The second kappa shape index (κ2) is 5.63. The third-order valence-corrected chi connectivity index (χ3v) is 0.281. The van der Waals surface area contributed by atoms with Crippen LogP contribution < -0.4 is 18.9 Å². The first kappa shape index (κ1) is 9.80. The summed E-state index contributed by atoms with van der Waals surface area (Å²) in [7, 11) is 0. The summed E-state index contributed by atoms with van der Waals surface area (Å²) in [5, 5.41) is 7.79. The summed E-state index contributed by atoms with van der Waals surface area (Å²) in [6, 6.07) is 1.72. The Balaban J connectivity index is 0. The van der Waals surface area contributed by atoms with E-state index in [1.165, 1.54) is 6.08 Å². The Morgan fingerprint density at radius 1 is 1.86 bits per heavy atom. The van der Waals surface area contributed by atoms with Crippen LogP contribution in [0.15, 0.2) is 11.8 Å². The van der Waals surface area contributed by atoms with Crippen LogP contribution in [0.1, 0.15) is 6.92 Å². The average Bonchev–Trinajstić information content (AvgIpc) is 1.35. The molecular formula is C4H5LiN2. The van der Waals surface area contributed by atoms with Crippen LogP contribution in [0.25, 0.3) is 5.73 Å². The summed E-state index contributed by atoms with van der Waals surface area (Å²) >= 11 is 0. The molecule has 0 atom stereocenters. The molecule has 0 fully saturated rings. The molecule has 0 heterocycles. The van der Waals surface area contributed by atoms with Crippen LogP contribution in [0.5, 0.6) is 0 Å². The van der Waals surface area contributed by atoms with Crippen LogP contribution in [0.4, 0.5) is 0 Å². The molecule has 0 spiro atoms. The number of allylic oxidation sites excluding steroid dienone is 2. The van der Waals surface area contributed by atoms with Gasteiger partial charge in [0.05, 0.1) is 6.07 Å². The van der Waals surface area contributed by atoms with Gasteiger partial charge in [0.1, 0.15) is 0 Å². The standard InChI is InChI=1S/C4H5N2.Li/c1-4(6)2-3-5;/h2,6H,1H3;/q-1;+1/b4-2+;. The van der Waals surface area contributed by atoms with E-state index < -0.39 is 0 Å². The van der Waals surface area contributed by atoms with Crippen LogP contribution in [0.3, 0.4) is 0 Å². The van der Waals surface area contributed by atoms with Gasteiger partial charge in [0, 0.05) is 0 Å². The Hall–Kier alpha value is -0.373. The fraction of sp³-hybridized carbons (Fsp3) is 0.250. The van der Waals surface area contributed by atoms with Gasteiger partial charge in [0.25, 0.3) is 0 Å². The van der Waals surface area contributed by atoms with Crippen molar-refractivity contribution in [1.82, 2.24) is 0 Å². The predicted molar refractivity (Wildman–Crippen MR) is 23.7 cm³/mol. The van der Waals surface area contributed by atoms with Crippen molar-refractivity contribution >= 4 is 0 Å². The van der Waals surface area contributed by atoms with E-state index in [0.717, 1.165) is 0 Å². The topological polar surface area (TPSA) is 47.6 Å². The summed E-state index contributed by atoms with van der Waals surface area (Å²) < 4.78 is 0. The zero-order chi connectivity index (χ0) is 4.99. The van der Waals surface area contributed by atoms with E-state index in [0.29, 0.717) is 5.70 Å². The van der Waals surface area contributed by atoms with Gasteiger partial charge in [-0.2, -0.15) is 11.0 Å². The molecule has 1 N–H and O–H groups in total. The maximum atomic E-state index is 7.79. The van der Waals surface area contributed by atoms with Crippen LogP contribution in [0.2, 0.25) is 0 Å². The minimum Gasteiger partial charge on any atom is -0.702 e. The van der Waals surface area contributed by atoms with Crippen molar-refractivity contribution in [2.75, 3.05) is 0 Å². The smallest absolute Gasteiger partial charge is 0.702 e. The zero-order valence-corrected chi connectivity index (χ0v) is 4.52. The summed E-state index contributed by atoms with van der Waals surface area (Å²) in [6.07, 6.45) is 1.18. The number of hydrogen-bond donors (Lipinski definition) is 0. The van der Waals surface area contributed by atoms with Crippen molar-refractivity contribution in [2.45, 2.75) is 6.92 Å². The molecule has 7 heavy (non-hydrogen) atoms. The van der Waals surface area contributed by atoms with Gasteiger partial charge in [0.15, 0.2) is 0 Å². The molecule has 0 saturated carbocycles. The Labute approximate surface area is 55.2 Å². The van der Waals surface area contributed by atoms with Gasteiger partial charge in [-0.05, 0) is 6.08 Å². The van der Waals surface area contributed by atoms with Gasteiger partial charge in [-0.25, -0.2) is 0 Å². The van der Waals surface area contributed by atoms with Crippen LogP contribution >= 0.6 is 0 Å². The van der Waals surface area contributed by atoms with Crippen molar-refractivity contribution in [1.29, 1.82) is 5.26 Å². The molecule has 2 nitrogen and oxygen atoms in total. The van der Waals surface area contributed by atoms with Gasteiger partial charge in [-0.3, -0.25) is 0 Å². The van der Waals surface area contributed by atoms with Gasteiger partial charge < -0.3 is 5.73 Å². The minimum atomic E-state index is 0. The fourth-order valence-electron chi connectivity index (χ4n) is 0.0968. The first-order valence-corrected chi connectivity index (χ1v) is 1.55. The normalized spacial score (nSPS) is 8.86. The SMILES string of the molecule is C/C([NH-])=C\C#N.[Li+]. The maximum absolute atomic E-state index is 7.79. The molecule has 3 heteroatoms. The molecule has 0 bridgehead atoms. The molecule has 0 radical (unpaired) electrons. The molecular weight excluding hydrogens is 83.0 g/mol. The van der Waals surface area contributed by atoms with E-state index in [9.17, 15) is 0 Å². The van der Waals surface area contributed by atoms with Crippen LogP contribution in [-0.2, 0) is 0 Å². The Morgan fingerprint density at radius 3 is 2.29 bits per heavy atom. The molecule has 32 valence electrons. The Morgan fingerprint density at radius 2 is 2.29 bits per heavy atom. The molecule has 0 unspecified atom stereocenters. The molecule has 0 aromatic heterocycles. The largest absolute Gasteiger partial charge is 1.00 e. The third kappa shape index (κ3) is 10.7. The molecule has 0 aliphatic carbocycles. The number of nitriles is 1. The zero-order valence-electron chi connectivity index (χ0n) is 4.52. The summed E-state index contributed by atoms with van der Waals surface area (Å²) in [5.74, 6) is 0. The van der Waals surface area contributed by atoms with Crippen molar-refractivity contribution in [3.05, 3.63) is 17.5 Å². The van der Waals surface area contributed by atoms with E-state index in [-0.39, 0.29) is 18.9 Å². The molecule has 0 aliphatic rings. The minimum absolute atomic E-state index is 0. The third-order valence-electron chi connectivity index (χ3n) is 0.281. The quantitative estimate of drug-likeness (QED) is 0.262. The van der Waals surface area contributed by atoms with Crippen molar-refractivity contribution in [3.63, 3.8) is 0 Å². The molecule has 0 aromatic carbocycles. The van der Waals surface area contributed by atoms with Crippen molar-refractivity contribution in [2.24, 2.45) is 0 Å². The number of nitrogens with zero attached hydrogens (tertiary/aromatic N) is 1. The van der Waals surface area contributed by atoms with E-state index in [1.807, 2.05) is 0 Å². The van der Waals surface area contributed by atoms with E-state index in [4.69, 9.17) is 11.0 Å². The van der Waals surface area contributed by atoms with E-state index in [2.05, 4.69) is 0 Å². The second-order valence-electron chi connectivity index (χ2n) is 0.956. The van der Waals surface area contributed by atoms with Gasteiger partial charge >= 0.3 is 18.9 Å². The number of rotatable bonds is 0. The number of hydrogen-bond acceptors (Lipinski definition) is 1. The second-order valence-corrected chi connectivity index (χ2v) is 0.956. The van der Waals surface area contributed by atoms with Crippen LogP contribution in [0, 0.1) is 11.3 Å². The molecule has 0 saturated heterocycles. The van der Waals surface area contributed by atoms with E-state index >= 15 is 0 Å². The van der Waals surface area contributed by atoms with Gasteiger partial charge in [-0.1, -0.05) is 6.92 Å². The summed E-state index contributed by atoms with van der Waals surface area (Å²) in [6.45, 7) is 1.56. The van der Waals surface area contributed by atoms with Gasteiger partial charge in [0.2, 0.25) is 0 Å². The Bertz CT molecular complexity index is 96.7. The van der Waals surface area contributed by atoms with Crippen molar-refractivity contribution in [3.8, 4) is 6.07 Å². The molecule has 0 aliphatic heterocycles. The van der Waals surface area contributed by atoms with Crippen molar-refractivity contribution < 1.29 is 18.9 Å². The molecule has 0 aromatic rings. The summed E-state index contributed by atoms with van der Waals surface area (Å²) in [5.41, 5.74) is 6.92. The Kier molecular flexibility index (Phi) is 7.88. The monoisotopic (exact) mass is 88.1 g/mol. The van der Waals surface area contributed by atoms with Gasteiger partial charge in [-0.15, -0.1) is 0 Å². The van der Waals surface area contributed by atoms with Crippen LogP contribution in [-0.4, -0.2) is 0 Å².